The van der Waals surface area contributed by atoms with Gasteiger partial charge in [0.15, 0.2) is 0 Å². The molecule has 0 N–H and O–H groups in total. The van der Waals surface area contributed by atoms with Gasteiger partial charge < -0.3 is 4.90 Å². The lowest BCUT2D eigenvalue weighted by atomic mass is 9.74. The van der Waals surface area contributed by atoms with Gasteiger partial charge in [-0.25, -0.2) is 0 Å². The van der Waals surface area contributed by atoms with E-state index in [0.29, 0.717) is 12.3 Å². The van der Waals surface area contributed by atoms with Crippen LogP contribution in [0.5, 0.6) is 0 Å². The van der Waals surface area contributed by atoms with Crippen LogP contribution in [0.1, 0.15) is 36.3 Å². The Bertz CT molecular complexity index is 693. The molecule has 24 heavy (non-hydrogen) atoms. The van der Waals surface area contributed by atoms with E-state index in [4.69, 9.17) is 0 Å². The first-order chi connectivity index (χ1) is 11.7. The third-order valence-corrected chi connectivity index (χ3v) is 6.62. The lowest BCUT2D eigenvalue weighted by Crippen LogP contribution is -2.53. The number of piperidine rings is 1. The first-order valence-corrected chi connectivity index (χ1v) is 9.53. The van der Waals surface area contributed by atoms with E-state index in [9.17, 15) is 4.79 Å². The number of carbonyl (C=O) groups excluding carboxylic acids is 1. The summed E-state index contributed by atoms with van der Waals surface area (Å²) in [5, 5.41) is 4.37. The maximum absolute atomic E-state index is 12.5. The molecule has 2 aliphatic heterocycles. The van der Waals surface area contributed by atoms with E-state index in [0.717, 1.165) is 32.5 Å². The van der Waals surface area contributed by atoms with Crippen LogP contribution in [0.15, 0.2) is 41.4 Å². The lowest BCUT2D eigenvalue weighted by molar-refractivity contribution is -0.130. The maximum Gasteiger partial charge on any atom is 0.223 e. The number of rotatable bonds is 3. The van der Waals surface area contributed by atoms with E-state index in [1.807, 2.05) is 24.3 Å². The molecule has 0 saturated carbocycles. The first kappa shape index (κ1) is 15.8. The number of hydrogen-bond acceptors (Lipinski definition) is 4. The van der Waals surface area contributed by atoms with Crippen molar-refractivity contribution in [2.45, 2.75) is 37.3 Å². The Morgan fingerprint density at radius 3 is 2.67 bits per heavy atom. The van der Waals surface area contributed by atoms with Gasteiger partial charge in [-0.1, -0.05) is 0 Å². The Balaban J connectivity index is 1.53. The summed E-state index contributed by atoms with van der Waals surface area (Å²) in [6, 6.07) is 6.37. The van der Waals surface area contributed by atoms with Crippen LogP contribution in [-0.2, 0) is 11.3 Å². The summed E-state index contributed by atoms with van der Waals surface area (Å²) >= 11 is 1.76. The van der Waals surface area contributed by atoms with Crippen LogP contribution < -0.4 is 0 Å². The fourth-order valence-electron chi connectivity index (χ4n) is 4.43. The van der Waals surface area contributed by atoms with E-state index >= 15 is 0 Å². The summed E-state index contributed by atoms with van der Waals surface area (Å²) in [5.41, 5.74) is 2.63. The molecular weight excluding hydrogens is 318 g/mol. The van der Waals surface area contributed by atoms with Gasteiger partial charge in [0.1, 0.15) is 0 Å². The monoisotopic (exact) mass is 341 g/mol. The molecular formula is C19H23N3OS. The third kappa shape index (κ3) is 2.66. The van der Waals surface area contributed by atoms with Crippen molar-refractivity contribution in [1.29, 1.82) is 0 Å². The number of aromatic nitrogens is 1. The van der Waals surface area contributed by atoms with Crippen molar-refractivity contribution in [2.24, 2.45) is 0 Å². The standard InChI is InChI=1S/C19H23N3OS/c1-21-18(23)12-17(16-2-7-20-8-3-16)19(21)5-9-22(10-6-19)13-15-4-11-24-14-15/h2-4,7-8,11,14,17H,5-6,9-10,12-13H2,1H3. The summed E-state index contributed by atoms with van der Waals surface area (Å²) in [6.07, 6.45) is 6.42. The van der Waals surface area contributed by atoms with E-state index < -0.39 is 0 Å². The molecule has 5 heteroatoms. The van der Waals surface area contributed by atoms with Crippen LogP contribution in [0.4, 0.5) is 0 Å². The normalized spacial score (nSPS) is 24.0. The number of likely N-dealkylation sites (N-methyl/N-ethyl adjacent to an activating group) is 1. The Labute approximate surface area is 147 Å². The number of thiophene rings is 1. The van der Waals surface area contributed by atoms with Crippen molar-refractivity contribution < 1.29 is 4.79 Å². The van der Waals surface area contributed by atoms with Gasteiger partial charge in [-0.2, -0.15) is 11.3 Å². The second kappa shape index (κ2) is 6.30. The van der Waals surface area contributed by atoms with Crippen molar-refractivity contribution in [3.63, 3.8) is 0 Å². The summed E-state index contributed by atoms with van der Waals surface area (Å²) in [6.45, 7) is 3.13. The molecule has 1 unspecified atom stereocenters. The van der Waals surface area contributed by atoms with Crippen LogP contribution >= 0.6 is 11.3 Å². The summed E-state index contributed by atoms with van der Waals surface area (Å²) in [4.78, 5) is 21.2. The molecule has 2 aliphatic rings. The maximum atomic E-state index is 12.5. The van der Waals surface area contributed by atoms with Gasteiger partial charge in [0.25, 0.3) is 0 Å². The minimum absolute atomic E-state index is 0.0242. The predicted molar refractivity (Wildman–Crippen MR) is 95.9 cm³/mol. The molecule has 1 amide bonds. The molecule has 0 aliphatic carbocycles. The topological polar surface area (TPSA) is 36.4 Å². The zero-order valence-corrected chi connectivity index (χ0v) is 14.8. The van der Waals surface area contributed by atoms with Crippen LogP contribution in [0.2, 0.25) is 0 Å². The highest BCUT2D eigenvalue weighted by Crippen LogP contribution is 2.48. The molecule has 0 aromatic carbocycles. The Morgan fingerprint density at radius 2 is 2.00 bits per heavy atom. The van der Waals surface area contributed by atoms with Crippen molar-refractivity contribution in [1.82, 2.24) is 14.8 Å². The molecule has 0 bridgehead atoms. The number of hydrogen-bond donors (Lipinski definition) is 0. The van der Waals surface area contributed by atoms with Crippen molar-refractivity contribution in [2.75, 3.05) is 20.1 Å². The van der Waals surface area contributed by atoms with Gasteiger partial charge in [-0.3, -0.25) is 14.7 Å². The highest BCUT2D eigenvalue weighted by Gasteiger charge is 2.52. The largest absolute Gasteiger partial charge is 0.339 e. The Kier molecular flexibility index (Phi) is 4.14. The molecule has 1 spiro atoms. The molecule has 2 fully saturated rings. The molecule has 4 rings (SSSR count). The van der Waals surface area contributed by atoms with Gasteiger partial charge in [-0.15, -0.1) is 0 Å². The smallest absolute Gasteiger partial charge is 0.223 e. The summed E-state index contributed by atoms with van der Waals surface area (Å²) in [5.74, 6) is 0.574. The fraction of sp³-hybridized carbons (Fsp3) is 0.474. The molecule has 4 heterocycles. The molecule has 4 nitrogen and oxygen atoms in total. The number of likely N-dealkylation sites (tertiary alicyclic amines) is 2. The van der Waals surface area contributed by atoms with Gasteiger partial charge >= 0.3 is 0 Å². The number of carbonyl (C=O) groups is 1. The van der Waals surface area contributed by atoms with E-state index in [1.54, 1.807) is 11.3 Å². The third-order valence-electron chi connectivity index (χ3n) is 5.89. The van der Waals surface area contributed by atoms with E-state index in [1.165, 1.54) is 11.1 Å². The van der Waals surface area contributed by atoms with Crippen LogP contribution in [0.25, 0.3) is 0 Å². The van der Waals surface area contributed by atoms with Crippen LogP contribution in [-0.4, -0.2) is 46.4 Å². The summed E-state index contributed by atoms with van der Waals surface area (Å²) < 4.78 is 0. The van der Waals surface area contributed by atoms with Crippen LogP contribution in [0.3, 0.4) is 0 Å². The second-order valence-corrected chi connectivity index (χ2v) is 7.78. The number of pyridine rings is 1. The van der Waals surface area contributed by atoms with E-state index in [2.05, 4.69) is 38.8 Å². The highest BCUT2D eigenvalue weighted by atomic mass is 32.1. The highest BCUT2D eigenvalue weighted by molar-refractivity contribution is 7.07. The average molecular weight is 341 g/mol. The predicted octanol–water partition coefficient (Wildman–Crippen LogP) is 3.12. The lowest BCUT2D eigenvalue weighted by Gasteiger charge is -2.46. The van der Waals surface area contributed by atoms with Crippen LogP contribution in [0, 0.1) is 0 Å². The molecule has 126 valence electrons. The second-order valence-electron chi connectivity index (χ2n) is 7.00. The number of amides is 1. The van der Waals surface area contributed by atoms with Gasteiger partial charge in [0.05, 0.1) is 5.54 Å². The molecule has 2 aromatic heterocycles. The quantitative estimate of drug-likeness (QED) is 0.861. The molecule has 1 atom stereocenters. The Hall–Kier alpha value is -1.72. The Morgan fingerprint density at radius 1 is 1.25 bits per heavy atom. The first-order valence-electron chi connectivity index (χ1n) is 8.59. The minimum Gasteiger partial charge on any atom is -0.339 e. The minimum atomic E-state index is -0.0242. The number of nitrogens with zero attached hydrogens (tertiary/aromatic N) is 3. The average Bonchev–Trinajstić information content (AvgIpc) is 3.21. The van der Waals surface area contributed by atoms with Gasteiger partial charge in [0, 0.05) is 51.4 Å². The van der Waals surface area contributed by atoms with Crippen molar-refractivity contribution in [3.8, 4) is 0 Å². The zero-order chi connectivity index (χ0) is 16.6. The zero-order valence-electron chi connectivity index (χ0n) is 14.0. The van der Waals surface area contributed by atoms with E-state index in [-0.39, 0.29) is 11.4 Å². The van der Waals surface area contributed by atoms with Crippen molar-refractivity contribution in [3.05, 3.63) is 52.5 Å². The van der Waals surface area contributed by atoms with Crippen molar-refractivity contribution >= 4 is 17.2 Å². The fourth-order valence-corrected chi connectivity index (χ4v) is 5.09. The SMILES string of the molecule is CN1C(=O)CC(c2ccncc2)C12CCN(Cc1ccsc1)CC2. The molecule has 2 saturated heterocycles. The molecule has 0 radical (unpaired) electrons. The van der Waals surface area contributed by atoms with Gasteiger partial charge in [0.2, 0.25) is 5.91 Å². The van der Waals surface area contributed by atoms with Gasteiger partial charge in [-0.05, 0) is 52.9 Å². The molecule has 2 aromatic rings. The summed E-state index contributed by atoms with van der Waals surface area (Å²) in [7, 11) is 2.00.